The monoisotopic (exact) mass is 476 g/mol. The zero-order valence-corrected chi connectivity index (χ0v) is 19.4. The maximum Gasteiger partial charge on any atom is 0.407 e. The molecule has 0 fully saturated rings. The van der Waals surface area contributed by atoms with Crippen LogP contribution in [0.5, 0.6) is 0 Å². The summed E-state index contributed by atoms with van der Waals surface area (Å²) in [5, 5.41) is 14.5. The number of aromatic nitrogens is 2. The number of amides is 2. The quantitative estimate of drug-likeness (QED) is 0.412. The topological polar surface area (TPSA) is 123 Å². The third kappa shape index (κ3) is 5.68. The first-order valence-corrected chi connectivity index (χ1v) is 11.6. The number of alkyl carbamates (subject to hydrolysis) is 1. The summed E-state index contributed by atoms with van der Waals surface area (Å²) in [6.45, 7) is 2.81. The van der Waals surface area contributed by atoms with Crippen molar-refractivity contribution in [1.29, 1.82) is 0 Å². The van der Waals surface area contributed by atoms with E-state index in [-0.39, 0.29) is 36.6 Å². The van der Waals surface area contributed by atoms with Gasteiger partial charge in [-0.2, -0.15) is 0 Å². The normalized spacial score (nSPS) is 12.9. The van der Waals surface area contributed by atoms with E-state index in [0.29, 0.717) is 19.5 Å². The molecule has 0 aliphatic heterocycles. The van der Waals surface area contributed by atoms with E-state index in [1.54, 1.807) is 4.57 Å². The Bertz CT molecular complexity index is 1180. The maximum absolute atomic E-state index is 12.5. The number of aromatic carboxylic acids is 1. The average molecular weight is 477 g/mol. The van der Waals surface area contributed by atoms with Gasteiger partial charge in [0.2, 0.25) is 5.91 Å². The van der Waals surface area contributed by atoms with Gasteiger partial charge in [0.1, 0.15) is 6.61 Å². The first-order chi connectivity index (χ1) is 17.0. The minimum atomic E-state index is -1.10. The molecule has 0 bridgehead atoms. The minimum absolute atomic E-state index is 0.0265. The third-order valence-corrected chi connectivity index (χ3v) is 6.13. The number of fused-ring (bicyclic) bond motifs is 3. The number of imidazole rings is 1. The van der Waals surface area contributed by atoms with Gasteiger partial charge in [0.15, 0.2) is 5.69 Å². The summed E-state index contributed by atoms with van der Waals surface area (Å²) in [5.74, 6) is -1.34. The van der Waals surface area contributed by atoms with Crippen molar-refractivity contribution in [3.63, 3.8) is 0 Å². The molecule has 0 spiro atoms. The summed E-state index contributed by atoms with van der Waals surface area (Å²) in [6, 6.07) is 15.9. The Labute approximate surface area is 203 Å². The summed E-state index contributed by atoms with van der Waals surface area (Å²) in [7, 11) is 0. The van der Waals surface area contributed by atoms with Gasteiger partial charge in [-0.1, -0.05) is 55.5 Å². The largest absolute Gasteiger partial charge is 0.476 e. The molecule has 182 valence electrons. The molecule has 0 saturated heterocycles. The van der Waals surface area contributed by atoms with Crippen molar-refractivity contribution in [1.82, 2.24) is 20.2 Å². The molecule has 1 atom stereocenters. The highest BCUT2D eigenvalue weighted by Crippen LogP contribution is 2.44. The highest BCUT2D eigenvalue weighted by atomic mass is 16.5. The van der Waals surface area contributed by atoms with Crippen LogP contribution in [0.15, 0.2) is 61.1 Å². The zero-order valence-electron chi connectivity index (χ0n) is 19.4. The zero-order chi connectivity index (χ0) is 24.8. The number of ether oxygens (including phenoxy) is 1. The van der Waals surface area contributed by atoms with Crippen LogP contribution in [0.4, 0.5) is 4.79 Å². The molecule has 1 unspecified atom stereocenters. The molecule has 3 aromatic rings. The smallest absolute Gasteiger partial charge is 0.407 e. The number of carboxylic acid groups (broad SMARTS) is 1. The van der Waals surface area contributed by atoms with Crippen LogP contribution in [-0.2, 0) is 16.1 Å². The Morgan fingerprint density at radius 1 is 1.09 bits per heavy atom. The number of hydrogen-bond acceptors (Lipinski definition) is 5. The Hall–Kier alpha value is -4.14. The molecular formula is C26H28N4O5. The van der Waals surface area contributed by atoms with Gasteiger partial charge in [0.25, 0.3) is 0 Å². The molecule has 2 aromatic carbocycles. The lowest BCUT2D eigenvalue weighted by molar-refractivity contribution is -0.121. The highest BCUT2D eigenvalue weighted by molar-refractivity contribution is 5.85. The summed E-state index contributed by atoms with van der Waals surface area (Å²) < 4.78 is 7.17. The van der Waals surface area contributed by atoms with E-state index in [1.165, 1.54) is 12.5 Å². The van der Waals surface area contributed by atoms with E-state index in [4.69, 9.17) is 9.84 Å². The number of carbonyl (C=O) groups excluding carboxylic acids is 2. The molecule has 1 heterocycles. The van der Waals surface area contributed by atoms with E-state index in [1.807, 2.05) is 31.2 Å². The van der Waals surface area contributed by atoms with Gasteiger partial charge >= 0.3 is 12.1 Å². The second kappa shape index (κ2) is 10.9. The van der Waals surface area contributed by atoms with Crippen molar-refractivity contribution in [3.05, 3.63) is 77.9 Å². The lowest BCUT2D eigenvalue weighted by atomic mass is 9.98. The number of carbonyl (C=O) groups is 3. The van der Waals surface area contributed by atoms with Gasteiger partial charge in [0.05, 0.1) is 6.33 Å². The van der Waals surface area contributed by atoms with E-state index in [0.717, 1.165) is 22.3 Å². The third-order valence-electron chi connectivity index (χ3n) is 6.13. The molecule has 1 aromatic heterocycles. The van der Waals surface area contributed by atoms with Crippen LogP contribution < -0.4 is 10.6 Å². The summed E-state index contributed by atoms with van der Waals surface area (Å²) >= 11 is 0. The fourth-order valence-electron chi connectivity index (χ4n) is 4.32. The Morgan fingerprint density at radius 3 is 2.34 bits per heavy atom. The van der Waals surface area contributed by atoms with Crippen LogP contribution >= 0.6 is 0 Å². The fourth-order valence-corrected chi connectivity index (χ4v) is 4.32. The van der Waals surface area contributed by atoms with Gasteiger partial charge in [0, 0.05) is 37.7 Å². The van der Waals surface area contributed by atoms with Crippen LogP contribution in [0, 0.1) is 0 Å². The highest BCUT2D eigenvalue weighted by Gasteiger charge is 2.29. The molecule has 0 radical (unpaired) electrons. The second-order valence-electron chi connectivity index (χ2n) is 8.43. The molecular weight excluding hydrogens is 448 g/mol. The van der Waals surface area contributed by atoms with E-state index in [2.05, 4.69) is 39.9 Å². The Morgan fingerprint density at radius 2 is 1.74 bits per heavy atom. The van der Waals surface area contributed by atoms with Crippen molar-refractivity contribution in [2.45, 2.75) is 38.3 Å². The number of nitrogens with one attached hydrogen (secondary N) is 2. The second-order valence-corrected chi connectivity index (χ2v) is 8.43. The molecule has 9 heteroatoms. The maximum atomic E-state index is 12.5. The van der Waals surface area contributed by atoms with Crippen LogP contribution in [0.1, 0.15) is 47.3 Å². The number of rotatable bonds is 10. The van der Waals surface area contributed by atoms with E-state index in [9.17, 15) is 14.4 Å². The molecule has 2 amide bonds. The lowest BCUT2D eigenvalue weighted by Gasteiger charge is -2.19. The predicted molar refractivity (Wildman–Crippen MR) is 129 cm³/mol. The van der Waals surface area contributed by atoms with E-state index < -0.39 is 12.1 Å². The first kappa shape index (κ1) is 24.0. The van der Waals surface area contributed by atoms with Crippen molar-refractivity contribution in [2.24, 2.45) is 0 Å². The standard InChI is InChI=1S/C26H28N4O5/c1-2-17(13-24(31)27-11-12-30-14-23(25(32)33)28-16-30)29-26(34)35-15-22-20-9-5-3-7-18(20)19-8-4-6-10-21(19)22/h3-10,14,16-17,22H,2,11-13,15H2,1H3,(H,27,31)(H,29,34)(H,32,33). The lowest BCUT2D eigenvalue weighted by Crippen LogP contribution is -2.40. The van der Waals surface area contributed by atoms with Crippen LogP contribution in [0.3, 0.4) is 0 Å². The van der Waals surface area contributed by atoms with Crippen molar-refractivity contribution >= 4 is 18.0 Å². The van der Waals surface area contributed by atoms with Gasteiger partial charge in [-0.05, 0) is 28.7 Å². The average Bonchev–Trinajstić information content (AvgIpc) is 3.45. The molecule has 0 saturated carbocycles. The van der Waals surface area contributed by atoms with Gasteiger partial charge < -0.3 is 25.0 Å². The Kier molecular flexibility index (Phi) is 7.45. The molecule has 9 nitrogen and oxygen atoms in total. The number of nitrogens with zero attached hydrogens (tertiary/aromatic N) is 2. The number of benzene rings is 2. The SMILES string of the molecule is CCC(CC(=O)NCCn1cnc(C(=O)O)c1)NC(=O)OCC1c2ccccc2-c2ccccc21. The van der Waals surface area contributed by atoms with Crippen LogP contribution in [-0.4, -0.2) is 51.8 Å². The molecule has 4 rings (SSSR count). The van der Waals surface area contributed by atoms with Crippen LogP contribution in [0.2, 0.25) is 0 Å². The van der Waals surface area contributed by atoms with Gasteiger partial charge in [-0.15, -0.1) is 0 Å². The number of hydrogen-bond donors (Lipinski definition) is 3. The number of carboxylic acids is 1. The summed E-state index contributed by atoms with van der Waals surface area (Å²) in [6.07, 6.45) is 2.95. The summed E-state index contributed by atoms with van der Waals surface area (Å²) in [4.78, 5) is 39.5. The van der Waals surface area contributed by atoms with Crippen LogP contribution in [0.25, 0.3) is 11.1 Å². The minimum Gasteiger partial charge on any atom is -0.476 e. The molecule has 1 aliphatic rings. The van der Waals surface area contributed by atoms with Crippen molar-refractivity contribution < 1.29 is 24.2 Å². The van der Waals surface area contributed by atoms with Crippen molar-refractivity contribution in [2.75, 3.05) is 13.2 Å². The van der Waals surface area contributed by atoms with E-state index >= 15 is 0 Å². The molecule has 35 heavy (non-hydrogen) atoms. The molecule has 3 N–H and O–H groups in total. The Balaban J connectivity index is 1.24. The summed E-state index contributed by atoms with van der Waals surface area (Å²) in [5.41, 5.74) is 4.56. The first-order valence-electron chi connectivity index (χ1n) is 11.6. The predicted octanol–water partition coefficient (Wildman–Crippen LogP) is 3.40. The molecule has 1 aliphatic carbocycles. The van der Waals surface area contributed by atoms with Crippen molar-refractivity contribution in [3.8, 4) is 11.1 Å². The van der Waals surface area contributed by atoms with Gasteiger partial charge in [-0.25, -0.2) is 14.6 Å². The fraction of sp³-hybridized carbons (Fsp3) is 0.308. The van der Waals surface area contributed by atoms with Gasteiger partial charge in [-0.3, -0.25) is 4.79 Å².